The number of Topliss-reactive ketones (excluding diaryl/α,β-unsaturated/α-hetero) is 1. The number of ketones is 3. The number of hydrogen-bond donors (Lipinski definition) is 4. The normalized spacial score (nSPS) is 35.8. The standard InChI is InChI=1S/C43H55NO15/c1-19(45)17-43(52)18-30(35-24(37(43)42(51)53-7)15-25-36(40(35)50)39(49)34-23(38(25)48)9-8-10-28(34)47)58-33-16-26(44(5)6)41(22(4)56-33)59-32-14-12-29(21(3)55-32)57-31-13-11-27(46)20(2)54-31/h8-10,15,20-22,26-27,29-33,37,41,46-47,50,52H,11-14,16-18H2,1-7H3/t20?,21?,22?,26?,27?,29?,30-,31?,32?,33?,37-,41?,43?/m0/s1. The first-order valence-corrected chi connectivity index (χ1v) is 20.3. The summed E-state index contributed by atoms with van der Waals surface area (Å²) in [6, 6.07) is 5.02. The largest absolute Gasteiger partial charge is 0.507 e. The first kappa shape index (κ1) is 43.3. The first-order chi connectivity index (χ1) is 27.9. The minimum atomic E-state index is -2.10. The fourth-order valence-corrected chi connectivity index (χ4v) is 9.56. The number of aromatic hydroxyl groups is 2. The molecular formula is C43H55NO15. The predicted octanol–water partition coefficient (Wildman–Crippen LogP) is 3.55. The summed E-state index contributed by atoms with van der Waals surface area (Å²) in [5, 5.41) is 44.9. The van der Waals surface area contributed by atoms with Crippen LogP contribution in [0.15, 0.2) is 24.3 Å². The molecule has 322 valence electrons. The van der Waals surface area contributed by atoms with Crippen molar-refractivity contribution in [2.24, 2.45) is 0 Å². The maximum atomic E-state index is 14.0. The summed E-state index contributed by atoms with van der Waals surface area (Å²) < 4.78 is 43.2. The van der Waals surface area contributed by atoms with Gasteiger partial charge >= 0.3 is 5.97 Å². The van der Waals surface area contributed by atoms with E-state index < -0.39 is 96.0 Å². The van der Waals surface area contributed by atoms with Crippen LogP contribution in [0.2, 0.25) is 0 Å². The average molecular weight is 826 g/mol. The molecule has 0 aromatic heterocycles. The number of esters is 1. The van der Waals surface area contributed by atoms with Crippen LogP contribution in [0, 0.1) is 0 Å². The van der Waals surface area contributed by atoms with Crippen molar-refractivity contribution in [3.8, 4) is 11.5 Å². The SMILES string of the molecule is COC(=O)[C@@H]1c2cc3c(c(O)c2[C@@H](OC2CC(N(C)C)C(OC4CCC(OC5CCC(O)C(C)O5)C(C)O4)C(C)O2)CC1(O)CC(C)=O)C(=O)c1c(O)cccc1C3=O. The van der Waals surface area contributed by atoms with Gasteiger partial charge in [0.2, 0.25) is 5.78 Å². The fourth-order valence-electron chi connectivity index (χ4n) is 9.56. The van der Waals surface area contributed by atoms with Crippen LogP contribution in [0.1, 0.15) is 128 Å². The second-order valence-electron chi connectivity index (χ2n) is 16.9. The van der Waals surface area contributed by atoms with E-state index >= 15 is 0 Å². The molecular weight excluding hydrogens is 770 g/mol. The molecule has 2 aromatic rings. The Labute approximate surface area is 342 Å². The molecule has 11 unspecified atom stereocenters. The summed E-state index contributed by atoms with van der Waals surface area (Å²) in [6.07, 6.45) is -3.91. The summed E-state index contributed by atoms with van der Waals surface area (Å²) in [5.41, 5.74) is -3.18. The number of nitrogens with zero attached hydrogens (tertiary/aromatic N) is 1. The highest BCUT2D eigenvalue weighted by atomic mass is 16.7. The molecule has 13 atom stereocenters. The number of rotatable bonds is 10. The number of carbonyl (C=O) groups excluding carboxylic acids is 4. The lowest BCUT2D eigenvalue weighted by Crippen LogP contribution is -2.57. The van der Waals surface area contributed by atoms with E-state index in [1.165, 1.54) is 31.2 Å². The van der Waals surface area contributed by atoms with E-state index in [4.69, 9.17) is 33.2 Å². The van der Waals surface area contributed by atoms with Gasteiger partial charge in [-0.25, -0.2) is 0 Å². The van der Waals surface area contributed by atoms with Crippen LogP contribution in [0.4, 0.5) is 0 Å². The summed E-state index contributed by atoms with van der Waals surface area (Å²) >= 11 is 0. The number of fused-ring (bicyclic) bond motifs is 3. The first-order valence-electron chi connectivity index (χ1n) is 20.3. The van der Waals surface area contributed by atoms with E-state index in [1.54, 1.807) is 0 Å². The lowest BCUT2D eigenvalue weighted by molar-refractivity contribution is -0.314. The highest BCUT2D eigenvalue weighted by Crippen LogP contribution is 2.54. The van der Waals surface area contributed by atoms with Crippen LogP contribution in [0.5, 0.6) is 11.5 Å². The van der Waals surface area contributed by atoms with Crippen molar-refractivity contribution in [3.63, 3.8) is 0 Å². The highest BCUT2D eigenvalue weighted by molar-refractivity contribution is 6.30. The van der Waals surface area contributed by atoms with Gasteiger partial charge in [-0.3, -0.25) is 19.2 Å². The Morgan fingerprint density at radius 2 is 1.54 bits per heavy atom. The molecule has 4 N–H and O–H groups in total. The fraction of sp³-hybridized carbons (Fsp3) is 0.628. The molecule has 7 rings (SSSR count). The quantitative estimate of drug-likeness (QED) is 0.215. The Bertz CT molecular complexity index is 1970. The molecule has 2 aromatic carbocycles. The predicted molar refractivity (Wildman–Crippen MR) is 206 cm³/mol. The van der Waals surface area contributed by atoms with E-state index in [9.17, 15) is 39.6 Å². The van der Waals surface area contributed by atoms with Gasteiger partial charge in [-0.2, -0.15) is 0 Å². The zero-order valence-electron chi connectivity index (χ0n) is 34.4. The van der Waals surface area contributed by atoms with Crippen molar-refractivity contribution in [2.45, 2.75) is 152 Å². The molecule has 2 aliphatic carbocycles. The van der Waals surface area contributed by atoms with Crippen molar-refractivity contribution < 1.29 is 72.8 Å². The minimum absolute atomic E-state index is 0.0416. The number of aliphatic hydroxyl groups excluding tert-OH is 1. The Morgan fingerprint density at radius 1 is 0.864 bits per heavy atom. The van der Waals surface area contributed by atoms with Gasteiger partial charge in [0.15, 0.2) is 24.7 Å². The third-order valence-corrected chi connectivity index (χ3v) is 12.5. The maximum absolute atomic E-state index is 14.0. The molecule has 0 radical (unpaired) electrons. The zero-order chi connectivity index (χ0) is 42.7. The Kier molecular flexibility index (Phi) is 12.4. The average Bonchev–Trinajstić information content (AvgIpc) is 3.16. The molecule has 16 heteroatoms. The molecule has 3 saturated heterocycles. The Hall–Kier alpha value is -3.84. The number of ether oxygens (including phenoxy) is 7. The number of benzene rings is 2. The van der Waals surface area contributed by atoms with Crippen LogP contribution in [0.25, 0.3) is 0 Å². The lowest BCUT2D eigenvalue weighted by Gasteiger charge is -2.48. The van der Waals surface area contributed by atoms with Gasteiger partial charge in [0.25, 0.3) is 0 Å². The minimum Gasteiger partial charge on any atom is -0.507 e. The maximum Gasteiger partial charge on any atom is 0.316 e. The van der Waals surface area contributed by atoms with E-state index in [1.807, 2.05) is 39.8 Å². The zero-order valence-corrected chi connectivity index (χ0v) is 34.4. The van der Waals surface area contributed by atoms with Crippen molar-refractivity contribution in [1.29, 1.82) is 0 Å². The van der Waals surface area contributed by atoms with Gasteiger partial charge < -0.3 is 58.5 Å². The monoisotopic (exact) mass is 825 g/mol. The molecule has 5 aliphatic rings. The molecule has 3 aliphatic heterocycles. The van der Waals surface area contributed by atoms with E-state index in [2.05, 4.69) is 0 Å². The van der Waals surface area contributed by atoms with E-state index in [-0.39, 0.29) is 70.6 Å². The number of likely N-dealkylation sites (N-methyl/N-ethyl adjacent to an activating group) is 1. The molecule has 3 fully saturated rings. The van der Waals surface area contributed by atoms with Crippen molar-refractivity contribution in [3.05, 3.63) is 57.6 Å². The molecule has 0 spiro atoms. The molecule has 0 bridgehead atoms. The summed E-state index contributed by atoms with van der Waals surface area (Å²) in [5.74, 6) is -5.52. The number of aliphatic hydroxyl groups is 2. The topological polar surface area (TPSA) is 217 Å². The van der Waals surface area contributed by atoms with Gasteiger partial charge in [-0.1, -0.05) is 12.1 Å². The van der Waals surface area contributed by atoms with Crippen LogP contribution in [-0.4, -0.2) is 137 Å². The van der Waals surface area contributed by atoms with Gasteiger partial charge in [0.1, 0.15) is 29.3 Å². The number of methoxy groups -OCH3 is 1. The summed E-state index contributed by atoms with van der Waals surface area (Å²) in [4.78, 5) is 56.0. The Balaban J connectivity index is 1.15. The smallest absolute Gasteiger partial charge is 0.316 e. The van der Waals surface area contributed by atoms with Gasteiger partial charge in [0, 0.05) is 54.8 Å². The van der Waals surface area contributed by atoms with Crippen LogP contribution in [0.3, 0.4) is 0 Å². The van der Waals surface area contributed by atoms with Crippen LogP contribution >= 0.6 is 0 Å². The summed E-state index contributed by atoms with van der Waals surface area (Å²) in [7, 11) is 4.90. The third kappa shape index (κ3) is 8.19. The molecule has 59 heavy (non-hydrogen) atoms. The van der Waals surface area contributed by atoms with Gasteiger partial charge in [-0.15, -0.1) is 0 Å². The van der Waals surface area contributed by atoms with E-state index in [0.29, 0.717) is 25.7 Å². The molecule has 16 nitrogen and oxygen atoms in total. The molecule has 3 heterocycles. The van der Waals surface area contributed by atoms with Gasteiger partial charge in [0.05, 0.1) is 60.5 Å². The lowest BCUT2D eigenvalue weighted by atomic mass is 9.66. The highest BCUT2D eigenvalue weighted by Gasteiger charge is 2.54. The van der Waals surface area contributed by atoms with Crippen molar-refractivity contribution in [1.82, 2.24) is 4.90 Å². The molecule has 0 amide bonds. The number of carbonyl (C=O) groups is 4. The number of phenolic OH excluding ortho intramolecular Hbond substituents is 2. The Morgan fingerprint density at radius 3 is 2.20 bits per heavy atom. The second-order valence-corrected chi connectivity index (χ2v) is 16.9. The van der Waals surface area contributed by atoms with E-state index in [0.717, 1.165) is 7.11 Å². The second kappa shape index (κ2) is 16.9. The number of phenols is 2. The van der Waals surface area contributed by atoms with Crippen molar-refractivity contribution in [2.75, 3.05) is 21.2 Å². The molecule has 0 saturated carbocycles. The van der Waals surface area contributed by atoms with Crippen LogP contribution in [-0.2, 0) is 42.7 Å². The summed E-state index contributed by atoms with van der Waals surface area (Å²) in [6.45, 7) is 6.85. The van der Waals surface area contributed by atoms with Crippen molar-refractivity contribution >= 4 is 23.3 Å². The number of hydrogen-bond acceptors (Lipinski definition) is 16. The third-order valence-electron chi connectivity index (χ3n) is 12.5. The van der Waals surface area contributed by atoms with Gasteiger partial charge in [-0.05, 0) is 72.3 Å². The van der Waals surface area contributed by atoms with Crippen LogP contribution < -0.4 is 0 Å².